The minimum atomic E-state index is -0.298. The van der Waals surface area contributed by atoms with Gasteiger partial charge in [0, 0.05) is 38.6 Å². The highest BCUT2D eigenvalue weighted by molar-refractivity contribution is 5.96. The van der Waals surface area contributed by atoms with Crippen molar-refractivity contribution < 1.29 is 18.8 Å². The number of likely N-dealkylation sites (tertiary alicyclic amines) is 1. The van der Waals surface area contributed by atoms with Crippen LogP contribution in [0.1, 0.15) is 66.0 Å². The van der Waals surface area contributed by atoms with E-state index in [1.165, 1.54) is 7.11 Å². The summed E-state index contributed by atoms with van der Waals surface area (Å²) in [4.78, 5) is 33.2. The Labute approximate surface area is 182 Å². The van der Waals surface area contributed by atoms with E-state index in [9.17, 15) is 9.59 Å². The van der Waals surface area contributed by atoms with Crippen LogP contribution >= 0.6 is 0 Å². The van der Waals surface area contributed by atoms with E-state index in [2.05, 4.69) is 16.6 Å². The third-order valence-corrected chi connectivity index (χ3v) is 6.61. The first-order valence-corrected chi connectivity index (χ1v) is 11.1. The normalized spacial score (nSPS) is 17.2. The summed E-state index contributed by atoms with van der Waals surface area (Å²) in [6, 6.07) is 0. The number of ether oxygens (including phenoxy) is 1. The fourth-order valence-electron chi connectivity index (χ4n) is 4.63. The summed E-state index contributed by atoms with van der Waals surface area (Å²) < 4.78 is 12.5. The molecule has 0 radical (unpaired) electrons. The van der Waals surface area contributed by atoms with Crippen molar-refractivity contribution in [3.8, 4) is 11.5 Å². The summed E-state index contributed by atoms with van der Waals surface area (Å²) in [7, 11) is 1.40. The molecule has 2 aromatic rings. The maximum atomic E-state index is 13.1. The number of methoxy groups -OCH3 is 1. The van der Waals surface area contributed by atoms with Crippen LogP contribution in [0.4, 0.5) is 4.79 Å². The van der Waals surface area contributed by atoms with Crippen LogP contribution in [0.5, 0.6) is 0 Å². The molecule has 168 valence electrons. The summed E-state index contributed by atoms with van der Waals surface area (Å²) in [6.45, 7) is 9.59. The van der Waals surface area contributed by atoms with Crippen LogP contribution in [0.25, 0.3) is 11.5 Å². The molecule has 0 saturated carbocycles. The summed E-state index contributed by atoms with van der Waals surface area (Å²) in [5, 5.41) is 4.27. The average molecular weight is 430 g/mol. The first-order chi connectivity index (χ1) is 15.0. The second kappa shape index (κ2) is 8.72. The van der Waals surface area contributed by atoms with Gasteiger partial charge in [-0.3, -0.25) is 4.79 Å². The smallest absolute Gasteiger partial charge is 0.409 e. The molecule has 0 aliphatic carbocycles. The average Bonchev–Trinajstić information content (AvgIpc) is 3.36. The lowest BCUT2D eigenvalue weighted by atomic mass is 9.97. The van der Waals surface area contributed by atoms with Crippen LogP contribution in [0.15, 0.2) is 4.52 Å². The van der Waals surface area contributed by atoms with Crippen molar-refractivity contribution in [2.45, 2.75) is 58.9 Å². The Morgan fingerprint density at radius 1 is 1.13 bits per heavy atom. The van der Waals surface area contributed by atoms with Gasteiger partial charge >= 0.3 is 6.09 Å². The van der Waals surface area contributed by atoms with Gasteiger partial charge in [-0.2, -0.15) is 4.98 Å². The molecule has 31 heavy (non-hydrogen) atoms. The van der Waals surface area contributed by atoms with E-state index in [0.29, 0.717) is 31.3 Å². The molecule has 0 unspecified atom stereocenters. The van der Waals surface area contributed by atoms with Crippen molar-refractivity contribution in [3.63, 3.8) is 0 Å². The zero-order valence-corrected chi connectivity index (χ0v) is 18.8. The fraction of sp³-hybridized carbons (Fsp3) is 0.636. The summed E-state index contributed by atoms with van der Waals surface area (Å²) in [5.41, 5.74) is 3.62. The molecule has 4 rings (SSSR count). The van der Waals surface area contributed by atoms with Gasteiger partial charge in [-0.05, 0) is 44.2 Å². The van der Waals surface area contributed by atoms with Crippen molar-refractivity contribution in [1.29, 1.82) is 0 Å². The van der Waals surface area contributed by atoms with Crippen molar-refractivity contribution in [2.24, 2.45) is 0 Å². The number of amides is 2. The van der Waals surface area contributed by atoms with E-state index in [4.69, 9.17) is 14.2 Å². The van der Waals surface area contributed by atoms with Crippen LogP contribution in [0.2, 0.25) is 0 Å². The molecule has 9 nitrogen and oxygen atoms in total. The first kappa shape index (κ1) is 21.4. The lowest BCUT2D eigenvalue weighted by Crippen LogP contribution is -2.41. The number of piperidine rings is 1. The van der Waals surface area contributed by atoms with Gasteiger partial charge in [0.25, 0.3) is 5.91 Å². The molecule has 0 atom stereocenters. The van der Waals surface area contributed by atoms with Crippen molar-refractivity contribution in [3.05, 3.63) is 22.7 Å². The number of hydrogen-bond acceptors (Lipinski definition) is 6. The van der Waals surface area contributed by atoms with E-state index in [0.717, 1.165) is 61.3 Å². The van der Waals surface area contributed by atoms with E-state index in [-0.39, 0.29) is 17.9 Å². The van der Waals surface area contributed by atoms with Crippen LogP contribution in [-0.2, 0) is 11.3 Å². The van der Waals surface area contributed by atoms with Crippen LogP contribution in [0.3, 0.4) is 0 Å². The maximum absolute atomic E-state index is 13.1. The molecular formula is C22H31N5O4. The third kappa shape index (κ3) is 3.81. The van der Waals surface area contributed by atoms with Crippen molar-refractivity contribution in [2.75, 3.05) is 33.3 Å². The Morgan fingerprint density at radius 2 is 1.84 bits per heavy atom. The topological polar surface area (TPSA) is 93.7 Å². The van der Waals surface area contributed by atoms with Gasteiger partial charge in [-0.25, -0.2) is 4.79 Å². The summed E-state index contributed by atoms with van der Waals surface area (Å²) in [6.07, 6.45) is 3.30. The molecule has 2 amide bonds. The zero-order valence-electron chi connectivity index (χ0n) is 18.8. The van der Waals surface area contributed by atoms with Gasteiger partial charge in [0.15, 0.2) is 0 Å². The Morgan fingerprint density at radius 3 is 2.52 bits per heavy atom. The van der Waals surface area contributed by atoms with Crippen LogP contribution < -0.4 is 0 Å². The number of fused-ring (bicyclic) bond motifs is 1. The maximum Gasteiger partial charge on any atom is 0.409 e. The molecule has 2 aliphatic rings. The van der Waals surface area contributed by atoms with Crippen LogP contribution in [0, 0.1) is 13.8 Å². The third-order valence-electron chi connectivity index (χ3n) is 6.61. The van der Waals surface area contributed by atoms with Crippen molar-refractivity contribution in [1.82, 2.24) is 24.5 Å². The Hall–Kier alpha value is -2.84. The van der Waals surface area contributed by atoms with E-state index < -0.39 is 0 Å². The minimum Gasteiger partial charge on any atom is -0.453 e. The Balaban J connectivity index is 1.56. The number of hydrogen-bond donors (Lipinski definition) is 0. The number of rotatable bonds is 5. The number of aromatic nitrogens is 3. The van der Waals surface area contributed by atoms with Gasteiger partial charge in [0.2, 0.25) is 11.7 Å². The Bertz CT molecular complexity index is 971. The molecule has 1 fully saturated rings. The summed E-state index contributed by atoms with van der Waals surface area (Å²) >= 11 is 0. The number of nitrogens with zero attached hydrogens (tertiary/aromatic N) is 5. The highest BCUT2D eigenvalue weighted by Gasteiger charge is 2.33. The largest absolute Gasteiger partial charge is 0.453 e. The predicted molar refractivity (Wildman–Crippen MR) is 114 cm³/mol. The van der Waals surface area contributed by atoms with E-state index in [1.807, 2.05) is 18.7 Å². The second-order valence-electron chi connectivity index (χ2n) is 8.43. The van der Waals surface area contributed by atoms with Gasteiger partial charge in [0.05, 0.1) is 12.8 Å². The molecule has 0 N–H and O–H groups in total. The molecular weight excluding hydrogens is 398 g/mol. The quantitative estimate of drug-likeness (QED) is 0.723. The predicted octanol–water partition coefficient (Wildman–Crippen LogP) is 3.36. The molecule has 9 heteroatoms. The molecule has 2 aliphatic heterocycles. The molecule has 0 bridgehead atoms. The summed E-state index contributed by atoms with van der Waals surface area (Å²) in [5.74, 6) is 1.34. The SMILES string of the molecule is CCCCN1CCn2c(c(C)c(C)c2-c2noc(C3CCN(C(=O)OC)CC3)n2)C1=O. The molecule has 2 aromatic heterocycles. The zero-order chi connectivity index (χ0) is 22.1. The number of unbranched alkanes of at least 4 members (excludes halogenated alkanes) is 1. The molecule has 1 saturated heterocycles. The number of carbonyl (C=O) groups is 2. The van der Waals surface area contributed by atoms with Gasteiger partial charge in [0.1, 0.15) is 5.69 Å². The minimum absolute atomic E-state index is 0.0884. The number of carbonyl (C=O) groups excluding carboxylic acids is 2. The lowest BCUT2D eigenvalue weighted by Gasteiger charge is -2.29. The molecule has 4 heterocycles. The standard InChI is InChI=1S/C22H31N5O4/c1-5-6-9-25-12-13-27-17(14(2)15(3)18(27)21(25)28)19-23-20(31-24-19)16-7-10-26(11-8-16)22(29)30-4/h16H,5-13H2,1-4H3. The van der Waals surface area contributed by atoms with Gasteiger partial charge in [-0.15, -0.1) is 0 Å². The first-order valence-electron chi connectivity index (χ1n) is 11.1. The van der Waals surface area contributed by atoms with Gasteiger partial charge in [-0.1, -0.05) is 18.5 Å². The Kier molecular flexibility index (Phi) is 6.02. The highest BCUT2D eigenvalue weighted by atomic mass is 16.5. The lowest BCUT2D eigenvalue weighted by molar-refractivity contribution is 0.0702. The molecule has 0 spiro atoms. The molecule has 0 aromatic carbocycles. The van der Waals surface area contributed by atoms with Crippen LogP contribution in [-0.4, -0.2) is 69.8 Å². The van der Waals surface area contributed by atoms with Gasteiger partial charge < -0.3 is 23.6 Å². The van der Waals surface area contributed by atoms with E-state index in [1.54, 1.807) is 4.90 Å². The monoisotopic (exact) mass is 429 g/mol. The van der Waals surface area contributed by atoms with Crippen molar-refractivity contribution >= 4 is 12.0 Å². The van der Waals surface area contributed by atoms with E-state index >= 15 is 0 Å². The highest BCUT2D eigenvalue weighted by Crippen LogP contribution is 2.34. The fourth-order valence-corrected chi connectivity index (χ4v) is 4.63. The second-order valence-corrected chi connectivity index (χ2v) is 8.43.